The molecule has 196 valence electrons. The number of aromatic nitrogens is 2. The van der Waals surface area contributed by atoms with Crippen molar-refractivity contribution in [3.63, 3.8) is 0 Å². The zero-order valence-electron chi connectivity index (χ0n) is 20.8. The summed E-state index contributed by atoms with van der Waals surface area (Å²) in [5.74, 6) is -3.79. The van der Waals surface area contributed by atoms with Crippen LogP contribution in [0.2, 0.25) is 0 Å². The molecule has 3 heterocycles. The van der Waals surface area contributed by atoms with Crippen molar-refractivity contribution in [2.24, 2.45) is 0 Å². The van der Waals surface area contributed by atoms with Crippen molar-refractivity contribution in [3.8, 4) is 5.75 Å². The first-order valence-corrected chi connectivity index (χ1v) is 12.1. The molecule has 0 atom stereocenters. The maximum atomic E-state index is 14.0. The first-order valence-electron chi connectivity index (χ1n) is 12.1. The summed E-state index contributed by atoms with van der Waals surface area (Å²) in [4.78, 5) is 32.0. The molecule has 2 aromatic heterocycles. The highest BCUT2D eigenvalue weighted by Gasteiger charge is 2.28. The Morgan fingerprint density at radius 1 is 1.00 bits per heavy atom. The molecule has 0 aliphatic carbocycles. The Balaban J connectivity index is 1.23. The molecule has 10 heteroatoms. The normalized spacial score (nSPS) is 14.1. The minimum atomic E-state index is -1.22. The lowest BCUT2D eigenvalue weighted by atomic mass is 9.89. The molecular weight excluding hydrogens is 497 g/mol. The summed E-state index contributed by atoms with van der Waals surface area (Å²) >= 11 is 0. The van der Waals surface area contributed by atoms with E-state index < -0.39 is 29.1 Å². The highest BCUT2D eigenvalue weighted by atomic mass is 19.2. The number of likely N-dealkylation sites (tertiary alicyclic amines) is 1. The molecule has 5 rings (SSSR count). The fourth-order valence-corrected chi connectivity index (χ4v) is 4.91. The number of pyridine rings is 1. The van der Waals surface area contributed by atoms with E-state index in [0.717, 1.165) is 24.5 Å². The second kappa shape index (κ2) is 10.2. The monoisotopic (exact) mass is 522 g/mol. The number of fused-ring (bicyclic) bond motifs is 1. The second-order valence-corrected chi connectivity index (χ2v) is 9.21. The first-order chi connectivity index (χ1) is 18.3. The average molecular weight is 523 g/mol. The van der Waals surface area contributed by atoms with Crippen molar-refractivity contribution in [3.05, 3.63) is 94.7 Å². The number of piperidine rings is 1. The van der Waals surface area contributed by atoms with Crippen molar-refractivity contribution < 1.29 is 27.5 Å². The molecule has 2 aromatic carbocycles. The number of imidazole rings is 1. The second-order valence-electron chi connectivity index (χ2n) is 9.21. The maximum absolute atomic E-state index is 14.0. The van der Waals surface area contributed by atoms with Gasteiger partial charge in [0, 0.05) is 25.0 Å². The topological polar surface area (TPSA) is 75.9 Å². The van der Waals surface area contributed by atoms with E-state index in [9.17, 15) is 22.8 Å². The fourth-order valence-electron chi connectivity index (χ4n) is 4.91. The van der Waals surface area contributed by atoms with E-state index in [4.69, 9.17) is 4.74 Å². The fraction of sp³-hybridized carbons (Fsp3) is 0.250. The van der Waals surface area contributed by atoms with Crippen LogP contribution in [-0.2, 0) is 0 Å². The summed E-state index contributed by atoms with van der Waals surface area (Å²) in [6.07, 6.45) is 2.76. The predicted molar refractivity (Wildman–Crippen MR) is 135 cm³/mol. The van der Waals surface area contributed by atoms with E-state index >= 15 is 0 Å². The average Bonchev–Trinajstić information content (AvgIpc) is 3.24. The maximum Gasteiger partial charge on any atom is 0.272 e. The first kappa shape index (κ1) is 25.3. The third-order valence-corrected chi connectivity index (χ3v) is 6.88. The summed E-state index contributed by atoms with van der Waals surface area (Å²) in [7, 11) is 1.17. The molecule has 4 aromatic rings. The number of carbonyl (C=O) groups is 2. The molecule has 0 spiro atoms. The van der Waals surface area contributed by atoms with E-state index in [-0.39, 0.29) is 17.4 Å². The molecule has 0 saturated carbocycles. The summed E-state index contributed by atoms with van der Waals surface area (Å²) in [6, 6.07) is 12.2. The van der Waals surface area contributed by atoms with Gasteiger partial charge in [-0.05, 0) is 67.6 Å². The molecule has 0 unspecified atom stereocenters. The molecule has 1 fully saturated rings. The van der Waals surface area contributed by atoms with Gasteiger partial charge in [0.2, 0.25) is 5.82 Å². The number of nitrogens with one attached hydrogen (secondary N) is 1. The minimum Gasteiger partial charge on any atom is -0.493 e. The minimum absolute atomic E-state index is 0.114. The van der Waals surface area contributed by atoms with Crippen LogP contribution >= 0.6 is 0 Å². The number of anilines is 1. The van der Waals surface area contributed by atoms with Crippen LogP contribution in [0.1, 0.15) is 50.9 Å². The highest BCUT2D eigenvalue weighted by molar-refractivity contribution is 6.06. The summed E-state index contributed by atoms with van der Waals surface area (Å²) in [5.41, 5.74) is 2.90. The van der Waals surface area contributed by atoms with E-state index in [2.05, 4.69) is 10.3 Å². The van der Waals surface area contributed by atoms with Crippen molar-refractivity contribution >= 4 is 23.1 Å². The molecule has 7 nitrogen and oxygen atoms in total. The Kier molecular flexibility index (Phi) is 6.79. The smallest absolute Gasteiger partial charge is 0.272 e. The zero-order chi connectivity index (χ0) is 27.0. The molecule has 38 heavy (non-hydrogen) atoms. The van der Waals surface area contributed by atoms with E-state index in [1.165, 1.54) is 29.8 Å². The quantitative estimate of drug-likeness (QED) is 0.384. The van der Waals surface area contributed by atoms with Gasteiger partial charge in [0.25, 0.3) is 11.8 Å². The number of hydrogen-bond donors (Lipinski definition) is 1. The van der Waals surface area contributed by atoms with E-state index in [0.29, 0.717) is 35.8 Å². The number of nitrogens with zero attached hydrogens (tertiary/aromatic N) is 3. The molecule has 0 radical (unpaired) electrons. The number of aryl methyl sites for hydroxylation is 1. The summed E-state index contributed by atoms with van der Waals surface area (Å²) < 4.78 is 47.6. The van der Waals surface area contributed by atoms with Gasteiger partial charge in [-0.15, -0.1) is 0 Å². The van der Waals surface area contributed by atoms with Crippen molar-refractivity contribution in [1.29, 1.82) is 0 Å². The molecular formula is C28H25F3N4O3. The third-order valence-electron chi connectivity index (χ3n) is 6.88. The molecule has 0 bridgehead atoms. The zero-order valence-corrected chi connectivity index (χ0v) is 20.8. The lowest BCUT2D eigenvalue weighted by Gasteiger charge is -2.32. The van der Waals surface area contributed by atoms with Crippen LogP contribution in [0.5, 0.6) is 5.75 Å². The van der Waals surface area contributed by atoms with Gasteiger partial charge in [0.05, 0.1) is 18.4 Å². The van der Waals surface area contributed by atoms with Gasteiger partial charge >= 0.3 is 0 Å². The van der Waals surface area contributed by atoms with Gasteiger partial charge in [-0.2, -0.15) is 4.39 Å². The van der Waals surface area contributed by atoms with Crippen molar-refractivity contribution in [1.82, 2.24) is 14.3 Å². The number of ether oxygens (including phenoxy) is 1. The molecule has 1 aliphatic rings. The molecule has 1 aliphatic heterocycles. The van der Waals surface area contributed by atoms with Crippen LogP contribution in [0.4, 0.5) is 18.9 Å². The van der Waals surface area contributed by atoms with Gasteiger partial charge in [-0.1, -0.05) is 12.1 Å². The Morgan fingerprint density at radius 2 is 1.71 bits per heavy atom. The van der Waals surface area contributed by atoms with Crippen molar-refractivity contribution in [2.45, 2.75) is 25.7 Å². The number of hydrogen-bond acceptors (Lipinski definition) is 4. The number of benzene rings is 2. The molecule has 2 amide bonds. The number of methoxy groups -OCH3 is 1. The Labute approximate surface area is 216 Å². The molecule has 1 saturated heterocycles. The summed E-state index contributed by atoms with van der Waals surface area (Å²) in [6.45, 7) is 2.83. The van der Waals surface area contributed by atoms with Crippen LogP contribution in [0.25, 0.3) is 5.65 Å². The lowest BCUT2D eigenvalue weighted by Crippen LogP contribution is -2.38. The molecule has 1 N–H and O–H groups in total. The van der Waals surface area contributed by atoms with E-state index in [1.54, 1.807) is 30.0 Å². The van der Waals surface area contributed by atoms with E-state index in [1.807, 2.05) is 12.1 Å². The van der Waals surface area contributed by atoms with Crippen LogP contribution < -0.4 is 10.1 Å². The van der Waals surface area contributed by atoms with Gasteiger partial charge in [-0.3, -0.25) is 14.0 Å². The van der Waals surface area contributed by atoms with Crippen LogP contribution in [0.3, 0.4) is 0 Å². The predicted octanol–water partition coefficient (Wildman–Crippen LogP) is 5.34. The lowest BCUT2D eigenvalue weighted by molar-refractivity contribution is 0.0705. The van der Waals surface area contributed by atoms with Crippen LogP contribution in [0.15, 0.2) is 54.7 Å². The Bertz CT molecular complexity index is 1530. The highest BCUT2D eigenvalue weighted by Crippen LogP contribution is 2.31. The van der Waals surface area contributed by atoms with Crippen LogP contribution in [-0.4, -0.2) is 46.3 Å². The standard InChI is InChI=1S/C28H25F3N4O3/c1-16-25(35-15-19(29)5-10-23(35)32-16)28(37)34-13-11-18(12-14-34)17-3-6-20(7-4-17)33-27(36)21-8-9-22(30)24(31)26(21)38-2/h3-10,15,18H,11-14H2,1-2H3,(H,33,36). The number of rotatable bonds is 5. The largest absolute Gasteiger partial charge is 0.493 e. The van der Waals surface area contributed by atoms with Crippen LogP contribution in [0, 0.1) is 24.4 Å². The third kappa shape index (κ3) is 4.69. The Hall–Kier alpha value is -4.34. The van der Waals surface area contributed by atoms with Gasteiger partial charge < -0.3 is 15.0 Å². The summed E-state index contributed by atoms with van der Waals surface area (Å²) in [5, 5.41) is 2.68. The van der Waals surface area contributed by atoms with Gasteiger partial charge in [0.1, 0.15) is 17.2 Å². The van der Waals surface area contributed by atoms with Gasteiger partial charge in [0.15, 0.2) is 11.6 Å². The SMILES string of the molecule is COc1c(C(=O)Nc2ccc(C3CCN(C(=O)c4c(C)nc5ccc(F)cn45)CC3)cc2)ccc(F)c1F. The number of carbonyl (C=O) groups excluding carboxylic acids is 2. The van der Waals surface area contributed by atoms with Gasteiger partial charge in [-0.25, -0.2) is 13.8 Å². The number of halogens is 3. The Morgan fingerprint density at radius 3 is 2.39 bits per heavy atom. The number of amides is 2. The van der Waals surface area contributed by atoms with Crippen molar-refractivity contribution in [2.75, 3.05) is 25.5 Å².